The number of ether oxygens (including phenoxy) is 1. The number of amides is 1. The quantitative estimate of drug-likeness (QED) is 0.913. The second kappa shape index (κ2) is 7.07. The van der Waals surface area contributed by atoms with Crippen LogP contribution < -0.4 is 5.32 Å². The Balaban J connectivity index is 1.62. The van der Waals surface area contributed by atoms with Crippen LogP contribution in [0.25, 0.3) is 0 Å². The van der Waals surface area contributed by atoms with Crippen LogP contribution in [0.1, 0.15) is 44.1 Å². The maximum atomic E-state index is 12.3. The highest BCUT2D eigenvalue weighted by atomic mass is 32.1. The number of carbonyl (C=O) groups excluding carboxylic acids is 1. The first-order valence-electron chi connectivity index (χ1n) is 7.73. The molecule has 116 valence electrons. The number of benzene rings is 1. The van der Waals surface area contributed by atoms with Crippen molar-refractivity contribution < 1.29 is 9.53 Å². The summed E-state index contributed by atoms with van der Waals surface area (Å²) in [5.41, 5.74) is 3.61. The van der Waals surface area contributed by atoms with E-state index in [0.717, 1.165) is 28.8 Å². The van der Waals surface area contributed by atoms with E-state index in [-0.39, 0.29) is 5.91 Å². The van der Waals surface area contributed by atoms with E-state index in [1.165, 1.54) is 23.3 Å². The first-order valence-corrected chi connectivity index (χ1v) is 8.54. The number of nitrogens with one attached hydrogen (secondary N) is 1. The molecule has 2 aromatic rings. The highest BCUT2D eigenvalue weighted by Gasteiger charge is 2.16. The molecule has 0 saturated heterocycles. The van der Waals surface area contributed by atoms with Crippen LogP contribution in [-0.4, -0.2) is 13.0 Å². The lowest BCUT2D eigenvalue weighted by atomic mass is 9.99. The van der Waals surface area contributed by atoms with E-state index in [1.807, 2.05) is 18.2 Å². The minimum absolute atomic E-state index is 0.0385. The van der Waals surface area contributed by atoms with Crippen molar-refractivity contribution >= 4 is 17.2 Å². The van der Waals surface area contributed by atoms with Crippen LogP contribution in [0.3, 0.4) is 0 Å². The first-order chi connectivity index (χ1) is 10.8. The third-order valence-electron chi connectivity index (χ3n) is 3.98. The summed E-state index contributed by atoms with van der Waals surface area (Å²) in [6, 6.07) is 10.2. The van der Waals surface area contributed by atoms with Crippen molar-refractivity contribution in [1.29, 1.82) is 0 Å². The van der Waals surface area contributed by atoms with E-state index in [2.05, 4.69) is 17.4 Å². The van der Waals surface area contributed by atoms with Crippen molar-refractivity contribution in [3.05, 3.63) is 56.8 Å². The zero-order valence-corrected chi connectivity index (χ0v) is 13.7. The number of thiophene rings is 1. The van der Waals surface area contributed by atoms with Gasteiger partial charge in [-0.3, -0.25) is 4.79 Å². The second-order valence-corrected chi connectivity index (χ2v) is 6.84. The normalized spacial score (nSPS) is 13.7. The molecule has 0 spiro atoms. The molecular weight excluding hydrogens is 294 g/mol. The van der Waals surface area contributed by atoms with E-state index >= 15 is 0 Å². The van der Waals surface area contributed by atoms with Gasteiger partial charge in [0.1, 0.15) is 0 Å². The van der Waals surface area contributed by atoms with Gasteiger partial charge in [0.25, 0.3) is 5.91 Å². The summed E-state index contributed by atoms with van der Waals surface area (Å²) in [7, 11) is 1.69. The molecule has 1 aliphatic rings. The minimum atomic E-state index is 0.0385. The zero-order valence-electron chi connectivity index (χ0n) is 12.9. The zero-order chi connectivity index (χ0) is 15.4. The smallest absolute Gasteiger partial charge is 0.261 e. The highest BCUT2D eigenvalue weighted by Crippen LogP contribution is 2.29. The van der Waals surface area contributed by atoms with E-state index < -0.39 is 0 Å². The van der Waals surface area contributed by atoms with E-state index in [0.29, 0.717) is 13.2 Å². The third kappa shape index (κ3) is 3.57. The molecule has 1 aromatic carbocycles. The minimum Gasteiger partial charge on any atom is -0.380 e. The summed E-state index contributed by atoms with van der Waals surface area (Å²) < 4.78 is 5.14. The van der Waals surface area contributed by atoms with Gasteiger partial charge in [-0.05, 0) is 48.4 Å². The predicted molar refractivity (Wildman–Crippen MR) is 89.3 cm³/mol. The van der Waals surface area contributed by atoms with Crippen molar-refractivity contribution in [3.8, 4) is 0 Å². The molecule has 1 N–H and O–H groups in total. The lowest BCUT2D eigenvalue weighted by Crippen LogP contribution is -2.21. The summed E-state index contributed by atoms with van der Waals surface area (Å²) in [6.45, 7) is 1.15. The molecule has 0 unspecified atom stereocenters. The van der Waals surface area contributed by atoms with Crippen LogP contribution in [0, 0.1) is 0 Å². The summed E-state index contributed by atoms with van der Waals surface area (Å²) in [5.74, 6) is 0.0385. The molecular formula is C18H21NO2S. The second-order valence-electron chi connectivity index (χ2n) is 5.70. The van der Waals surface area contributed by atoms with Gasteiger partial charge >= 0.3 is 0 Å². The number of fused-ring (bicyclic) bond motifs is 1. The number of aryl methyl sites for hydroxylation is 2. The molecule has 3 nitrogen and oxygen atoms in total. The molecule has 3 rings (SSSR count). The molecule has 0 aliphatic heterocycles. The average Bonchev–Trinajstić information content (AvgIpc) is 2.97. The average molecular weight is 315 g/mol. The fraction of sp³-hybridized carbons (Fsp3) is 0.389. The Bertz CT molecular complexity index is 639. The van der Waals surface area contributed by atoms with Crippen LogP contribution in [0.2, 0.25) is 0 Å². The molecule has 0 bridgehead atoms. The maximum Gasteiger partial charge on any atom is 0.261 e. The lowest BCUT2D eigenvalue weighted by Gasteiger charge is -2.08. The number of methoxy groups -OCH3 is 1. The lowest BCUT2D eigenvalue weighted by molar-refractivity contribution is 0.0955. The molecule has 0 fully saturated rings. The summed E-state index contributed by atoms with van der Waals surface area (Å²) in [6.07, 6.45) is 4.75. The van der Waals surface area contributed by atoms with Gasteiger partial charge in [0.05, 0.1) is 11.5 Å². The Morgan fingerprint density at radius 3 is 2.86 bits per heavy atom. The third-order valence-corrected chi connectivity index (χ3v) is 5.21. The summed E-state index contributed by atoms with van der Waals surface area (Å²) in [5, 5.41) is 3.02. The van der Waals surface area contributed by atoms with Crippen LogP contribution in [0.5, 0.6) is 0 Å². The van der Waals surface area contributed by atoms with E-state index in [9.17, 15) is 4.79 Å². The van der Waals surface area contributed by atoms with Crippen molar-refractivity contribution in [1.82, 2.24) is 5.32 Å². The summed E-state index contributed by atoms with van der Waals surface area (Å²) >= 11 is 1.66. The molecule has 1 heterocycles. The Hall–Kier alpha value is -1.65. The molecule has 4 heteroatoms. The van der Waals surface area contributed by atoms with Crippen LogP contribution in [0.15, 0.2) is 30.3 Å². The Morgan fingerprint density at radius 2 is 2.05 bits per heavy atom. The van der Waals surface area contributed by atoms with Gasteiger partial charge in [0.15, 0.2) is 0 Å². The fourth-order valence-corrected chi connectivity index (χ4v) is 4.04. The van der Waals surface area contributed by atoms with Gasteiger partial charge < -0.3 is 10.1 Å². The largest absolute Gasteiger partial charge is 0.380 e. The molecule has 1 aliphatic carbocycles. The Kier molecular flexibility index (Phi) is 4.90. The maximum absolute atomic E-state index is 12.3. The highest BCUT2D eigenvalue weighted by molar-refractivity contribution is 7.14. The Morgan fingerprint density at radius 1 is 1.23 bits per heavy atom. The monoisotopic (exact) mass is 315 g/mol. The van der Waals surface area contributed by atoms with Crippen LogP contribution in [-0.2, 0) is 30.7 Å². The van der Waals surface area contributed by atoms with Crippen LogP contribution >= 0.6 is 11.3 Å². The molecule has 0 saturated carbocycles. The van der Waals surface area contributed by atoms with Crippen molar-refractivity contribution in [3.63, 3.8) is 0 Å². The number of rotatable bonds is 5. The van der Waals surface area contributed by atoms with Gasteiger partial charge in [-0.2, -0.15) is 0 Å². The SMILES string of the molecule is COCc1cccc(CNC(=O)c2cc3c(s2)CCCC3)c1. The number of carbonyl (C=O) groups is 1. The van der Waals surface area contributed by atoms with Crippen molar-refractivity contribution in [2.75, 3.05) is 7.11 Å². The van der Waals surface area contributed by atoms with Gasteiger partial charge in [-0.1, -0.05) is 24.3 Å². The molecule has 1 amide bonds. The molecule has 0 radical (unpaired) electrons. The first kappa shape index (κ1) is 15.3. The predicted octanol–water partition coefficient (Wildman–Crippen LogP) is 3.70. The molecule has 0 atom stereocenters. The van der Waals surface area contributed by atoms with E-state index in [1.54, 1.807) is 18.4 Å². The number of hydrogen-bond acceptors (Lipinski definition) is 3. The topological polar surface area (TPSA) is 38.3 Å². The number of hydrogen-bond donors (Lipinski definition) is 1. The van der Waals surface area contributed by atoms with Crippen LogP contribution in [0.4, 0.5) is 0 Å². The fourth-order valence-electron chi connectivity index (χ4n) is 2.87. The molecule has 1 aromatic heterocycles. The van der Waals surface area contributed by atoms with Gasteiger partial charge in [-0.15, -0.1) is 11.3 Å². The standard InChI is InChI=1S/C18H21NO2S/c1-21-12-14-6-4-5-13(9-14)11-19-18(20)17-10-15-7-2-3-8-16(15)22-17/h4-6,9-10H,2-3,7-8,11-12H2,1H3,(H,19,20). The van der Waals surface area contributed by atoms with Gasteiger partial charge in [-0.25, -0.2) is 0 Å². The Labute approximate surface area is 135 Å². The van der Waals surface area contributed by atoms with Gasteiger partial charge in [0, 0.05) is 18.5 Å². The van der Waals surface area contributed by atoms with Gasteiger partial charge in [0.2, 0.25) is 0 Å². The molecule has 22 heavy (non-hydrogen) atoms. The van der Waals surface area contributed by atoms with Crippen molar-refractivity contribution in [2.45, 2.75) is 38.8 Å². The summed E-state index contributed by atoms with van der Waals surface area (Å²) in [4.78, 5) is 14.6. The van der Waals surface area contributed by atoms with E-state index in [4.69, 9.17) is 4.74 Å². The van der Waals surface area contributed by atoms with Crippen molar-refractivity contribution in [2.24, 2.45) is 0 Å².